The van der Waals surface area contributed by atoms with Crippen LogP contribution in [0.25, 0.3) is 32.8 Å². The number of benzene rings is 2. The summed E-state index contributed by atoms with van der Waals surface area (Å²) in [6, 6.07) is 8.30. The molecule has 5 aromatic rings. The van der Waals surface area contributed by atoms with Crippen molar-refractivity contribution in [2.24, 2.45) is 0 Å². The van der Waals surface area contributed by atoms with Crippen LogP contribution in [-0.4, -0.2) is 28.0 Å². The Labute approximate surface area is 199 Å². The number of carbonyl (C=O) groups is 2. The summed E-state index contributed by atoms with van der Waals surface area (Å²) < 4.78 is 11.2. The number of aromatic amines is 1. The van der Waals surface area contributed by atoms with Crippen molar-refractivity contribution in [1.82, 2.24) is 10.3 Å². The highest BCUT2D eigenvalue weighted by Crippen LogP contribution is 2.32. The molecule has 35 heavy (non-hydrogen) atoms. The van der Waals surface area contributed by atoms with Gasteiger partial charge in [-0.05, 0) is 49.6 Å². The van der Waals surface area contributed by atoms with E-state index >= 15 is 0 Å². The second-order valence-corrected chi connectivity index (χ2v) is 8.87. The Kier molecular flexibility index (Phi) is 5.43. The first-order valence-electron chi connectivity index (χ1n) is 11.3. The fourth-order valence-electron chi connectivity index (χ4n) is 4.65. The van der Waals surface area contributed by atoms with E-state index in [1.165, 1.54) is 0 Å². The van der Waals surface area contributed by atoms with Gasteiger partial charge >= 0.3 is 11.6 Å². The molecule has 8 nitrogen and oxygen atoms in total. The molecule has 0 fully saturated rings. The van der Waals surface area contributed by atoms with Gasteiger partial charge in [-0.1, -0.05) is 18.2 Å². The summed E-state index contributed by atoms with van der Waals surface area (Å²) in [5, 5.41) is 14.8. The second-order valence-electron chi connectivity index (χ2n) is 8.87. The largest absolute Gasteiger partial charge is 0.480 e. The Bertz CT molecular complexity index is 1690. The topological polar surface area (TPSA) is 126 Å². The molecule has 0 aliphatic carbocycles. The number of aromatic nitrogens is 1. The quantitative estimate of drug-likeness (QED) is 0.316. The van der Waals surface area contributed by atoms with Crippen LogP contribution < -0.4 is 10.9 Å². The lowest BCUT2D eigenvalue weighted by Gasteiger charge is -2.15. The van der Waals surface area contributed by atoms with Gasteiger partial charge in [0.05, 0.1) is 18.2 Å². The van der Waals surface area contributed by atoms with Gasteiger partial charge in [0.15, 0.2) is 0 Å². The van der Waals surface area contributed by atoms with Crippen LogP contribution in [0.2, 0.25) is 0 Å². The number of carbonyl (C=O) groups excluding carboxylic acids is 1. The Morgan fingerprint density at radius 1 is 1.06 bits per heavy atom. The smallest absolute Gasteiger partial charge is 0.340 e. The van der Waals surface area contributed by atoms with Crippen molar-refractivity contribution in [2.45, 2.75) is 39.7 Å². The van der Waals surface area contributed by atoms with Crippen LogP contribution in [0, 0.1) is 20.8 Å². The van der Waals surface area contributed by atoms with Crippen molar-refractivity contribution < 1.29 is 23.5 Å². The number of carboxylic acid groups (broad SMARTS) is 1. The van der Waals surface area contributed by atoms with Crippen LogP contribution in [0.5, 0.6) is 0 Å². The average molecular weight is 472 g/mol. The number of H-pyrrole nitrogens is 1. The first kappa shape index (κ1) is 22.5. The van der Waals surface area contributed by atoms with Gasteiger partial charge in [-0.15, -0.1) is 0 Å². The van der Waals surface area contributed by atoms with E-state index in [1.54, 1.807) is 19.4 Å². The van der Waals surface area contributed by atoms with Crippen molar-refractivity contribution in [2.75, 3.05) is 0 Å². The number of rotatable bonds is 6. The molecule has 0 bridgehead atoms. The van der Waals surface area contributed by atoms with Gasteiger partial charge in [0, 0.05) is 39.9 Å². The van der Waals surface area contributed by atoms with E-state index in [0.29, 0.717) is 22.3 Å². The fourth-order valence-corrected chi connectivity index (χ4v) is 4.65. The van der Waals surface area contributed by atoms with Gasteiger partial charge in [-0.2, -0.15) is 0 Å². The molecule has 0 radical (unpaired) electrons. The average Bonchev–Trinajstić information content (AvgIpc) is 3.41. The van der Waals surface area contributed by atoms with Gasteiger partial charge in [0.25, 0.3) is 0 Å². The Hall–Kier alpha value is -4.33. The number of aliphatic carboxylic acids is 1. The maximum atomic E-state index is 12.9. The van der Waals surface area contributed by atoms with E-state index in [-0.39, 0.29) is 18.4 Å². The molecule has 1 unspecified atom stereocenters. The molecule has 0 aliphatic heterocycles. The lowest BCUT2D eigenvalue weighted by molar-refractivity contribution is -0.141. The van der Waals surface area contributed by atoms with Crippen LogP contribution in [0.1, 0.15) is 27.8 Å². The number of nitrogens with one attached hydrogen (secondary N) is 2. The summed E-state index contributed by atoms with van der Waals surface area (Å²) in [4.78, 5) is 40.7. The van der Waals surface area contributed by atoms with Crippen LogP contribution in [0.15, 0.2) is 56.4 Å². The van der Waals surface area contributed by atoms with Gasteiger partial charge in [-0.3, -0.25) is 4.79 Å². The zero-order valence-corrected chi connectivity index (χ0v) is 19.5. The van der Waals surface area contributed by atoms with Gasteiger partial charge in [0.2, 0.25) is 5.91 Å². The van der Waals surface area contributed by atoms with E-state index in [1.807, 2.05) is 44.2 Å². The molecule has 8 heteroatoms. The molecule has 1 atom stereocenters. The Balaban J connectivity index is 1.44. The first-order chi connectivity index (χ1) is 16.7. The molecule has 1 amide bonds. The number of aryl methyl sites for hydroxylation is 3. The number of fused-ring (bicyclic) bond motifs is 3. The van der Waals surface area contributed by atoms with E-state index < -0.39 is 23.5 Å². The van der Waals surface area contributed by atoms with Crippen molar-refractivity contribution in [3.05, 3.63) is 81.0 Å². The fraction of sp³-hybridized carbons (Fsp3) is 0.222. The lowest BCUT2D eigenvalue weighted by Crippen LogP contribution is -2.43. The maximum Gasteiger partial charge on any atom is 0.340 e. The van der Waals surface area contributed by atoms with E-state index in [0.717, 1.165) is 32.8 Å². The molecular formula is C27H24N2O6. The van der Waals surface area contributed by atoms with Crippen molar-refractivity contribution in [1.29, 1.82) is 0 Å². The van der Waals surface area contributed by atoms with E-state index in [2.05, 4.69) is 10.3 Å². The molecule has 0 aliphatic rings. The summed E-state index contributed by atoms with van der Waals surface area (Å²) >= 11 is 0. The molecule has 0 spiro atoms. The molecule has 5 rings (SSSR count). The SMILES string of the molecule is Cc1coc2c(C)c3oc(=O)c(CC(=O)NC(Cc4c[nH]c5ccccc45)C(=O)O)c(C)c3cc12. The normalized spacial score (nSPS) is 12.4. The highest BCUT2D eigenvalue weighted by atomic mass is 16.4. The first-order valence-corrected chi connectivity index (χ1v) is 11.3. The number of hydrogen-bond acceptors (Lipinski definition) is 5. The molecule has 0 saturated carbocycles. The van der Waals surface area contributed by atoms with Gasteiger partial charge < -0.3 is 24.2 Å². The van der Waals surface area contributed by atoms with Crippen molar-refractivity contribution >= 4 is 44.7 Å². The minimum Gasteiger partial charge on any atom is -0.480 e. The minimum atomic E-state index is -1.15. The maximum absolute atomic E-state index is 12.9. The molecule has 0 saturated heterocycles. The minimum absolute atomic E-state index is 0.105. The van der Waals surface area contributed by atoms with Crippen LogP contribution >= 0.6 is 0 Å². The van der Waals surface area contributed by atoms with Gasteiger partial charge in [-0.25, -0.2) is 9.59 Å². The Morgan fingerprint density at radius 2 is 1.83 bits per heavy atom. The van der Waals surface area contributed by atoms with Crippen molar-refractivity contribution in [3.63, 3.8) is 0 Å². The summed E-state index contributed by atoms with van der Waals surface area (Å²) in [5.74, 6) is -1.72. The molecule has 3 heterocycles. The number of hydrogen-bond donors (Lipinski definition) is 3. The highest BCUT2D eigenvalue weighted by Gasteiger charge is 2.24. The predicted molar refractivity (Wildman–Crippen MR) is 132 cm³/mol. The standard InChI is InChI=1S/C27H24N2O6/c1-13-12-34-24-15(3)25-19(9-18(13)24)14(2)20(27(33)35-25)10-23(30)29-22(26(31)32)8-16-11-28-21-7-5-4-6-17(16)21/h4-7,9,11-12,22,28H,8,10H2,1-3H3,(H,29,30)(H,31,32). The molecule has 3 N–H and O–H groups in total. The zero-order chi connectivity index (χ0) is 24.9. The molecular weight excluding hydrogens is 448 g/mol. The summed E-state index contributed by atoms with van der Waals surface area (Å²) in [5.41, 5.74) is 4.61. The number of amides is 1. The van der Waals surface area contributed by atoms with Gasteiger partial charge in [0.1, 0.15) is 17.2 Å². The summed E-state index contributed by atoms with van der Waals surface area (Å²) in [7, 11) is 0. The Morgan fingerprint density at radius 3 is 2.60 bits per heavy atom. The zero-order valence-electron chi connectivity index (χ0n) is 19.5. The number of para-hydroxylation sites is 1. The van der Waals surface area contributed by atoms with Crippen molar-refractivity contribution in [3.8, 4) is 0 Å². The van der Waals surface area contributed by atoms with Crippen LogP contribution in [0.3, 0.4) is 0 Å². The number of furan rings is 1. The highest BCUT2D eigenvalue weighted by molar-refractivity contribution is 6.00. The summed E-state index contributed by atoms with van der Waals surface area (Å²) in [6.45, 7) is 5.52. The molecule has 2 aromatic carbocycles. The monoisotopic (exact) mass is 472 g/mol. The molecule has 3 aromatic heterocycles. The van der Waals surface area contributed by atoms with Crippen LogP contribution in [0.4, 0.5) is 0 Å². The van der Waals surface area contributed by atoms with Crippen LogP contribution in [-0.2, 0) is 22.4 Å². The number of carboxylic acids is 1. The van der Waals surface area contributed by atoms with E-state index in [9.17, 15) is 19.5 Å². The third-order valence-electron chi connectivity index (χ3n) is 6.60. The van der Waals surface area contributed by atoms with E-state index in [4.69, 9.17) is 8.83 Å². The lowest BCUT2D eigenvalue weighted by atomic mass is 9.98. The predicted octanol–water partition coefficient (Wildman–Crippen LogP) is 4.30. The third-order valence-corrected chi connectivity index (χ3v) is 6.60. The molecule has 178 valence electrons. The summed E-state index contributed by atoms with van der Waals surface area (Å²) in [6.07, 6.45) is 3.21. The third kappa shape index (κ3) is 3.86. The second kappa shape index (κ2) is 8.47.